The fraction of sp³-hybridized carbons (Fsp3) is 0.273. The predicted octanol–water partition coefficient (Wildman–Crippen LogP) is 4.27. The van der Waals surface area contributed by atoms with Crippen molar-refractivity contribution in [1.29, 1.82) is 0 Å². The molecule has 0 aromatic heterocycles. The van der Waals surface area contributed by atoms with E-state index in [2.05, 4.69) is 11.8 Å². The van der Waals surface area contributed by atoms with Crippen molar-refractivity contribution in [2.75, 3.05) is 34.1 Å². The quantitative estimate of drug-likeness (QED) is 0.467. The van der Waals surface area contributed by atoms with Crippen LogP contribution in [0.15, 0.2) is 36.4 Å². The van der Waals surface area contributed by atoms with Crippen molar-refractivity contribution >= 4 is 7.80 Å². The molecule has 2 aromatic rings. The molecule has 0 heterocycles. The van der Waals surface area contributed by atoms with Crippen LogP contribution in [0.25, 0.3) is 0 Å². The maximum atomic E-state index is 12.6. The van der Waals surface area contributed by atoms with Gasteiger partial charge in [-0.25, -0.2) is 0 Å². The number of ether oxygens (including phenoxy) is 4. The summed E-state index contributed by atoms with van der Waals surface area (Å²) in [5.41, 5.74) is 1.29. The molecular formula is C22H22O5P+. The highest BCUT2D eigenvalue weighted by atomic mass is 31.1. The maximum absolute atomic E-state index is 12.6. The van der Waals surface area contributed by atoms with Gasteiger partial charge in [0.25, 0.3) is 0 Å². The summed E-state index contributed by atoms with van der Waals surface area (Å²) in [7, 11) is 1.49. The van der Waals surface area contributed by atoms with Gasteiger partial charge >= 0.3 is 7.80 Å². The van der Waals surface area contributed by atoms with Crippen LogP contribution in [0.1, 0.15) is 16.8 Å². The largest absolute Gasteiger partial charge is 0.493 e. The van der Waals surface area contributed by atoms with Gasteiger partial charge in [0.05, 0.1) is 14.2 Å². The van der Waals surface area contributed by atoms with Gasteiger partial charge in [-0.3, -0.25) is 0 Å². The normalized spacial score (nSPS) is 10.6. The average Bonchev–Trinajstić information content (AvgIpc) is 2.71. The Bertz CT molecular complexity index is 854. The molecule has 6 heteroatoms. The molecule has 0 saturated heterocycles. The first kappa shape index (κ1) is 21.2. The maximum Gasteiger partial charge on any atom is 0.348 e. The summed E-state index contributed by atoms with van der Waals surface area (Å²) in [5, 5.41) is 0. The average molecular weight is 397 g/mol. The summed E-state index contributed by atoms with van der Waals surface area (Å²) in [6.45, 7) is 1.96. The highest BCUT2D eigenvalue weighted by molar-refractivity contribution is 7.44. The van der Waals surface area contributed by atoms with Crippen LogP contribution in [0, 0.1) is 24.7 Å². The van der Waals surface area contributed by atoms with Gasteiger partial charge in [-0.1, -0.05) is 28.5 Å². The van der Waals surface area contributed by atoms with Gasteiger partial charge in [0.1, 0.15) is 19.9 Å². The van der Waals surface area contributed by atoms with E-state index in [-0.39, 0.29) is 18.9 Å². The molecule has 0 aliphatic carbocycles. The Morgan fingerprint density at radius 1 is 0.857 bits per heavy atom. The minimum atomic E-state index is -1.60. The molecule has 0 N–H and O–H groups in total. The van der Waals surface area contributed by atoms with Crippen LogP contribution >= 0.6 is 7.80 Å². The lowest BCUT2D eigenvalue weighted by molar-refractivity contribution is 0.330. The van der Waals surface area contributed by atoms with Crippen LogP contribution in [-0.4, -0.2) is 34.1 Å². The Balaban J connectivity index is 2.45. The Labute approximate surface area is 166 Å². The molecule has 28 heavy (non-hydrogen) atoms. The SMILES string of the molecule is C#CCOc1ccc(C(c2ccc(OCC#C)c(OC)c2)[P+](C)=O)cc1OC. The topological polar surface area (TPSA) is 54.0 Å². The van der Waals surface area contributed by atoms with Gasteiger partial charge in [-0.05, 0) is 24.3 Å². The molecule has 0 aliphatic rings. The van der Waals surface area contributed by atoms with Crippen molar-refractivity contribution in [2.45, 2.75) is 5.66 Å². The molecule has 0 radical (unpaired) electrons. The predicted molar refractivity (Wildman–Crippen MR) is 110 cm³/mol. The Kier molecular flexibility index (Phi) is 7.76. The summed E-state index contributed by atoms with van der Waals surface area (Å²) >= 11 is 0. The first-order valence-corrected chi connectivity index (χ1v) is 10.2. The van der Waals surface area contributed by atoms with E-state index >= 15 is 0 Å². The molecule has 0 spiro atoms. The summed E-state index contributed by atoms with van der Waals surface area (Å²) < 4.78 is 34.4. The van der Waals surface area contributed by atoms with Gasteiger partial charge in [-0.15, -0.1) is 12.8 Å². The molecule has 1 atom stereocenters. The van der Waals surface area contributed by atoms with E-state index in [9.17, 15) is 4.57 Å². The molecule has 0 saturated carbocycles. The highest BCUT2D eigenvalue weighted by Gasteiger charge is 2.31. The lowest BCUT2D eigenvalue weighted by Crippen LogP contribution is -2.02. The van der Waals surface area contributed by atoms with Gasteiger partial charge < -0.3 is 18.9 Å². The van der Waals surface area contributed by atoms with Crippen molar-refractivity contribution < 1.29 is 23.5 Å². The van der Waals surface area contributed by atoms with E-state index in [4.69, 9.17) is 31.8 Å². The first-order chi connectivity index (χ1) is 13.5. The Hall–Kier alpha value is -3.14. The van der Waals surface area contributed by atoms with E-state index < -0.39 is 7.80 Å². The lowest BCUT2D eigenvalue weighted by Gasteiger charge is -2.15. The van der Waals surface area contributed by atoms with Crippen molar-refractivity contribution in [1.82, 2.24) is 0 Å². The molecule has 0 aliphatic heterocycles. The van der Waals surface area contributed by atoms with Crippen molar-refractivity contribution in [2.24, 2.45) is 0 Å². The van der Waals surface area contributed by atoms with Crippen molar-refractivity contribution in [3.05, 3.63) is 47.5 Å². The molecule has 5 nitrogen and oxygen atoms in total. The van der Waals surface area contributed by atoms with E-state index in [1.807, 2.05) is 24.3 Å². The van der Waals surface area contributed by atoms with E-state index in [0.29, 0.717) is 23.0 Å². The van der Waals surface area contributed by atoms with Crippen LogP contribution in [0.5, 0.6) is 23.0 Å². The highest BCUT2D eigenvalue weighted by Crippen LogP contribution is 2.47. The van der Waals surface area contributed by atoms with Crippen molar-refractivity contribution in [3.8, 4) is 47.7 Å². The molecule has 0 amide bonds. The van der Waals surface area contributed by atoms with Gasteiger partial charge in [0.2, 0.25) is 5.66 Å². The Morgan fingerprint density at radius 2 is 1.29 bits per heavy atom. The van der Waals surface area contributed by atoms with Crippen LogP contribution in [0.4, 0.5) is 0 Å². The lowest BCUT2D eigenvalue weighted by atomic mass is 10.0. The molecule has 144 valence electrons. The number of hydrogen-bond acceptors (Lipinski definition) is 5. The Morgan fingerprint density at radius 3 is 1.61 bits per heavy atom. The third-order valence-electron chi connectivity index (χ3n) is 3.99. The molecular weight excluding hydrogens is 375 g/mol. The summed E-state index contributed by atoms with van der Waals surface area (Å²) in [4.78, 5) is 0. The molecule has 2 aromatic carbocycles. The second-order valence-corrected chi connectivity index (χ2v) is 7.36. The summed E-state index contributed by atoms with van der Waals surface area (Å²) in [6, 6.07) is 10.8. The molecule has 0 fully saturated rings. The van der Waals surface area contributed by atoms with Crippen LogP contribution in [0.2, 0.25) is 0 Å². The zero-order chi connectivity index (χ0) is 20.5. The number of methoxy groups -OCH3 is 2. The number of benzene rings is 2. The van der Waals surface area contributed by atoms with Crippen LogP contribution in [0.3, 0.4) is 0 Å². The minimum Gasteiger partial charge on any atom is -0.493 e. The van der Waals surface area contributed by atoms with Crippen LogP contribution < -0.4 is 18.9 Å². The van der Waals surface area contributed by atoms with Gasteiger partial charge in [0, 0.05) is 11.1 Å². The van der Waals surface area contributed by atoms with Gasteiger partial charge in [-0.2, -0.15) is 0 Å². The van der Waals surface area contributed by atoms with E-state index in [1.165, 1.54) is 0 Å². The smallest absolute Gasteiger partial charge is 0.348 e. The van der Waals surface area contributed by atoms with E-state index in [0.717, 1.165) is 11.1 Å². The fourth-order valence-electron chi connectivity index (χ4n) is 2.80. The number of terminal acetylenes is 2. The molecule has 1 unspecified atom stereocenters. The number of rotatable bonds is 9. The third kappa shape index (κ3) is 4.97. The molecule has 2 rings (SSSR count). The number of hydrogen-bond donors (Lipinski definition) is 0. The summed E-state index contributed by atoms with van der Waals surface area (Å²) in [6.07, 6.45) is 10.5. The third-order valence-corrected chi connectivity index (χ3v) is 5.32. The minimum absolute atomic E-state index is 0.136. The first-order valence-electron chi connectivity index (χ1n) is 8.44. The zero-order valence-electron chi connectivity index (χ0n) is 16.1. The molecule has 0 bridgehead atoms. The van der Waals surface area contributed by atoms with Gasteiger partial charge in [0.15, 0.2) is 23.0 Å². The second kappa shape index (κ2) is 10.3. The van der Waals surface area contributed by atoms with Crippen LogP contribution in [-0.2, 0) is 4.57 Å². The second-order valence-electron chi connectivity index (χ2n) is 5.75. The standard InChI is InChI=1S/C22H22O5P/c1-6-12-26-18-10-8-16(14-20(18)24-3)22(28(5)23)17-9-11-19(27-13-7-2)21(15-17)25-4/h1-2,8-11,14-15,22H,12-13H2,3-5H3/q+1. The van der Waals surface area contributed by atoms with Crippen molar-refractivity contribution in [3.63, 3.8) is 0 Å². The fourth-order valence-corrected chi connectivity index (χ4v) is 3.96. The monoisotopic (exact) mass is 397 g/mol. The zero-order valence-corrected chi connectivity index (χ0v) is 17.0. The van der Waals surface area contributed by atoms with E-state index in [1.54, 1.807) is 33.0 Å². The summed E-state index contributed by atoms with van der Waals surface area (Å²) in [5.74, 6) is 6.95.